The minimum Gasteiger partial charge on any atom is -0.394 e. The fraction of sp³-hybridized carbons (Fsp3) is 0.538. The average Bonchev–Trinajstić information content (AvgIpc) is 2.43. The van der Waals surface area contributed by atoms with Crippen LogP contribution < -0.4 is 0 Å². The highest BCUT2D eigenvalue weighted by molar-refractivity contribution is 5.24. The Kier molecular flexibility index (Phi) is 6.36. The first-order chi connectivity index (χ1) is 9.04. The highest BCUT2D eigenvalue weighted by Crippen LogP contribution is 2.23. The third kappa shape index (κ3) is 3.97. The molecule has 0 amide bonds. The van der Waals surface area contributed by atoms with Crippen LogP contribution in [0, 0.1) is 0 Å². The van der Waals surface area contributed by atoms with Crippen molar-refractivity contribution in [3.8, 4) is 0 Å². The normalized spacial score (nSPS) is 31.6. The number of allylic oxidation sites excluding steroid dienone is 2. The molecule has 5 atom stereocenters. The molecular formula is C13H20O6. The summed E-state index contributed by atoms with van der Waals surface area (Å²) in [4.78, 5) is 0. The molecule has 0 spiro atoms. The first-order valence-corrected chi connectivity index (χ1v) is 5.92. The van der Waals surface area contributed by atoms with E-state index < -0.39 is 37.3 Å². The van der Waals surface area contributed by atoms with E-state index in [4.69, 9.17) is 14.6 Å². The fourth-order valence-corrected chi connectivity index (χ4v) is 1.74. The van der Waals surface area contributed by atoms with Crippen molar-refractivity contribution in [2.75, 3.05) is 13.2 Å². The molecule has 1 rings (SSSR count). The van der Waals surface area contributed by atoms with Gasteiger partial charge in [0, 0.05) is 5.57 Å². The van der Waals surface area contributed by atoms with Crippen LogP contribution in [0.15, 0.2) is 37.0 Å². The SMILES string of the molecule is C=C/C=C(\C=C)C1OCC(O)C(C(O)C(O)CO)O1. The Morgan fingerprint density at radius 1 is 1.37 bits per heavy atom. The highest BCUT2D eigenvalue weighted by atomic mass is 16.7. The molecule has 1 aliphatic heterocycles. The molecule has 6 nitrogen and oxygen atoms in total. The van der Waals surface area contributed by atoms with Crippen LogP contribution in [0.2, 0.25) is 0 Å². The maximum Gasteiger partial charge on any atom is 0.184 e. The molecule has 0 saturated carbocycles. The van der Waals surface area contributed by atoms with Gasteiger partial charge in [-0.25, -0.2) is 0 Å². The molecule has 5 unspecified atom stereocenters. The summed E-state index contributed by atoms with van der Waals surface area (Å²) in [5, 5.41) is 37.7. The summed E-state index contributed by atoms with van der Waals surface area (Å²) in [6.45, 7) is 6.46. The smallest absolute Gasteiger partial charge is 0.184 e. The topological polar surface area (TPSA) is 99.4 Å². The monoisotopic (exact) mass is 272 g/mol. The maximum atomic E-state index is 9.80. The fourth-order valence-electron chi connectivity index (χ4n) is 1.74. The van der Waals surface area contributed by atoms with E-state index >= 15 is 0 Å². The quantitative estimate of drug-likeness (QED) is 0.468. The second kappa shape index (κ2) is 7.54. The highest BCUT2D eigenvalue weighted by Gasteiger charge is 2.39. The van der Waals surface area contributed by atoms with Gasteiger partial charge in [0.15, 0.2) is 6.29 Å². The van der Waals surface area contributed by atoms with E-state index in [0.717, 1.165) is 0 Å². The molecule has 0 aliphatic carbocycles. The van der Waals surface area contributed by atoms with Crippen molar-refractivity contribution in [1.29, 1.82) is 0 Å². The van der Waals surface area contributed by atoms with Crippen molar-refractivity contribution < 1.29 is 29.9 Å². The van der Waals surface area contributed by atoms with Crippen LogP contribution >= 0.6 is 0 Å². The van der Waals surface area contributed by atoms with Crippen LogP contribution in [0.4, 0.5) is 0 Å². The molecule has 19 heavy (non-hydrogen) atoms. The van der Waals surface area contributed by atoms with Gasteiger partial charge in [0.05, 0.1) is 13.2 Å². The predicted molar refractivity (Wildman–Crippen MR) is 68.2 cm³/mol. The number of ether oxygens (including phenoxy) is 2. The predicted octanol–water partition coefficient (Wildman–Crippen LogP) is -0.899. The largest absolute Gasteiger partial charge is 0.394 e. The lowest BCUT2D eigenvalue weighted by Gasteiger charge is -2.37. The lowest BCUT2D eigenvalue weighted by molar-refractivity contribution is -0.265. The average molecular weight is 272 g/mol. The van der Waals surface area contributed by atoms with Crippen LogP contribution in [0.5, 0.6) is 0 Å². The first-order valence-electron chi connectivity index (χ1n) is 5.92. The van der Waals surface area contributed by atoms with E-state index in [1.165, 1.54) is 12.2 Å². The zero-order valence-electron chi connectivity index (χ0n) is 10.6. The van der Waals surface area contributed by atoms with E-state index in [2.05, 4.69) is 13.2 Å². The molecule has 4 N–H and O–H groups in total. The van der Waals surface area contributed by atoms with Crippen molar-refractivity contribution >= 4 is 0 Å². The second-order valence-electron chi connectivity index (χ2n) is 4.18. The van der Waals surface area contributed by atoms with E-state index in [0.29, 0.717) is 5.57 Å². The molecule has 0 aromatic carbocycles. The Morgan fingerprint density at radius 3 is 2.58 bits per heavy atom. The van der Waals surface area contributed by atoms with Gasteiger partial charge < -0.3 is 29.9 Å². The van der Waals surface area contributed by atoms with Crippen molar-refractivity contribution in [2.45, 2.75) is 30.7 Å². The number of rotatable bonds is 6. The molecule has 0 aromatic rings. The summed E-state index contributed by atoms with van der Waals surface area (Å²) in [5.41, 5.74) is 0.581. The van der Waals surface area contributed by atoms with Gasteiger partial charge in [0.1, 0.15) is 24.4 Å². The van der Waals surface area contributed by atoms with Gasteiger partial charge >= 0.3 is 0 Å². The van der Waals surface area contributed by atoms with Crippen LogP contribution in [-0.2, 0) is 9.47 Å². The van der Waals surface area contributed by atoms with Crippen LogP contribution in [0.3, 0.4) is 0 Å². The van der Waals surface area contributed by atoms with Gasteiger partial charge in [0.2, 0.25) is 0 Å². The van der Waals surface area contributed by atoms with Gasteiger partial charge in [-0.2, -0.15) is 0 Å². The van der Waals surface area contributed by atoms with E-state index in [-0.39, 0.29) is 6.61 Å². The Hall–Kier alpha value is -1.02. The number of aliphatic hydroxyl groups excluding tert-OH is 4. The Labute approximate surface area is 111 Å². The third-order valence-electron chi connectivity index (χ3n) is 2.81. The van der Waals surface area contributed by atoms with Crippen molar-refractivity contribution in [3.05, 3.63) is 37.0 Å². The molecule has 0 bridgehead atoms. The lowest BCUT2D eigenvalue weighted by Crippen LogP contribution is -2.54. The van der Waals surface area contributed by atoms with Crippen molar-refractivity contribution in [2.24, 2.45) is 0 Å². The van der Waals surface area contributed by atoms with Crippen LogP contribution in [-0.4, -0.2) is 64.3 Å². The van der Waals surface area contributed by atoms with Gasteiger partial charge in [-0.1, -0.05) is 31.4 Å². The summed E-state index contributed by atoms with van der Waals surface area (Å²) in [7, 11) is 0. The third-order valence-corrected chi connectivity index (χ3v) is 2.81. The van der Waals surface area contributed by atoms with E-state index in [1.807, 2.05) is 0 Å². The molecule has 0 radical (unpaired) electrons. The maximum absolute atomic E-state index is 9.80. The zero-order valence-corrected chi connectivity index (χ0v) is 10.6. The Bertz CT molecular complexity index is 340. The van der Waals surface area contributed by atoms with Crippen LogP contribution in [0.1, 0.15) is 0 Å². The summed E-state index contributed by atoms with van der Waals surface area (Å²) in [6, 6.07) is 0. The van der Waals surface area contributed by atoms with Crippen LogP contribution in [0.25, 0.3) is 0 Å². The van der Waals surface area contributed by atoms with Gasteiger partial charge in [-0.3, -0.25) is 0 Å². The van der Waals surface area contributed by atoms with Crippen molar-refractivity contribution in [1.82, 2.24) is 0 Å². The first kappa shape index (κ1) is 16.0. The molecule has 1 fully saturated rings. The van der Waals surface area contributed by atoms with E-state index in [1.54, 1.807) is 6.08 Å². The van der Waals surface area contributed by atoms with Crippen molar-refractivity contribution in [3.63, 3.8) is 0 Å². The number of hydrogen-bond donors (Lipinski definition) is 4. The number of hydrogen-bond acceptors (Lipinski definition) is 6. The second-order valence-corrected chi connectivity index (χ2v) is 4.18. The Balaban J connectivity index is 2.80. The molecule has 1 aliphatic rings. The molecule has 6 heteroatoms. The van der Waals surface area contributed by atoms with E-state index in [9.17, 15) is 15.3 Å². The molecule has 1 saturated heterocycles. The standard InChI is InChI=1S/C13H20O6/c1-3-5-8(4-2)13-18-7-10(16)12(19-13)11(17)9(15)6-14/h3-5,9-17H,1-2,6-7H2/b8-5+. The van der Waals surface area contributed by atoms with Gasteiger partial charge in [-0.05, 0) is 0 Å². The zero-order chi connectivity index (χ0) is 14.4. The summed E-state index contributed by atoms with van der Waals surface area (Å²) >= 11 is 0. The lowest BCUT2D eigenvalue weighted by atomic mass is 10.0. The summed E-state index contributed by atoms with van der Waals surface area (Å²) in [5.74, 6) is 0. The number of aliphatic hydroxyl groups is 4. The molecular weight excluding hydrogens is 252 g/mol. The molecule has 0 aromatic heterocycles. The Morgan fingerprint density at radius 2 is 2.05 bits per heavy atom. The molecule has 1 heterocycles. The molecule has 108 valence electrons. The minimum atomic E-state index is -1.42. The van der Waals surface area contributed by atoms with Gasteiger partial charge in [-0.15, -0.1) is 0 Å². The minimum absolute atomic E-state index is 0.0626. The van der Waals surface area contributed by atoms with Gasteiger partial charge in [0.25, 0.3) is 0 Å². The summed E-state index contributed by atoms with van der Waals surface area (Å²) in [6.07, 6.45) is -1.11. The summed E-state index contributed by atoms with van der Waals surface area (Å²) < 4.78 is 10.7.